The van der Waals surface area contributed by atoms with Gasteiger partial charge in [-0.3, -0.25) is 0 Å². The zero-order chi connectivity index (χ0) is 11.7. The number of nitrogen functional groups attached to an aromatic ring is 1. The molecule has 0 atom stereocenters. The van der Waals surface area contributed by atoms with E-state index in [-0.39, 0.29) is 5.56 Å². The van der Waals surface area contributed by atoms with Crippen molar-refractivity contribution >= 4 is 17.3 Å². The molecule has 2 aromatic rings. The van der Waals surface area contributed by atoms with E-state index in [9.17, 15) is 8.78 Å². The van der Waals surface area contributed by atoms with Crippen molar-refractivity contribution in [2.75, 3.05) is 5.73 Å². The van der Waals surface area contributed by atoms with E-state index in [1.54, 1.807) is 12.1 Å². The van der Waals surface area contributed by atoms with Crippen LogP contribution in [0.4, 0.5) is 14.5 Å². The minimum Gasteiger partial charge on any atom is -0.398 e. The monoisotopic (exact) mass is 239 g/mol. The van der Waals surface area contributed by atoms with Gasteiger partial charge in [0, 0.05) is 5.56 Å². The molecular weight excluding hydrogens is 232 g/mol. The van der Waals surface area contributed by atoms with Crippen molar-refractivity contribution in [2.24, 2.45) is 0 Å². The van der Waals surface area contributed by atoms with Crippen molar-refractivity contribution in [1.82, 2.24) is 0 Å². The van der Waals surface area contributed by atoms with Crippen molar-refractivity contribution < 1.29 is 8.78 Å². The fraction of sp³-hybridized carbons (Fsp3) is 0. The van der Waals surface area contributed by atoms with E-state index >= 15 is 0 Å². The first-order chi connectivity index (χ1) is 7.59. The largest absolute Gasteiger partial charge is 0.398 e. The second-order valence-corrected chi connectivity index (χ2v) is 3.74. The Kier molecular flexibility index (Phi) is 2.79. The lowest BCUT2D eigenvalue weighted by Gasteiger charge is -2.06. The van der Waals surface area contributed by atoms with Crippen LogP contribution in [0.5, 0.6) is 0 Å². The van der Waals surface area contributed by atoms with E-state index in [2.05, 4.69) is 0 Å². The summed E-state index contributed by atoms with van der Waals surface area (Å²) < 4.78 is 26.5. The molecule has 2 rings (SSSR count). The summed E-state index contributed by atoms with van der Waals surface area (Å²) in [5, 5.41) is 0.389. The third-order valence-corrected chi connectivity index (χ3v) is 2.60. The minimum atomic E-state index is -0.885. The van der Waals surface area contributed by atoms with Crippen molar-refractivity contribution in [3.05, 3.63) is 53.1 Å². The predicted molar refractivity (Wildman–Crippen MR) is 61.2 cm³/mol. The van der Waals surface area contributed by atoms with Gasteiger partial charge < -0.3 is 5.73 Å². The Morgan fingerprint density at radius 2 is 1.81 bits per heavy atom. The first-order valence-corrected chi connectivity index (χ1v) is 4.97. The number of nitrogens with two attached hydrogens (primary N) is 1. The van der Waals surface area contributed by atoms with Crippen LogP contribution in [0.2, 0.25) is 5.02 Å². The summed E-state index contributed by atoms with van der Waals surface area (Å²) in [6.07, 6.45) is 0. The Balaban J connectivity index is 2.59. The molecule has 4 heteroatoms. The summed E-state index contributed by atoms with van der Waals surface area (Å²) in [5.41, 5.74) is 6.60. The van der Waals surface area contributed by atoms with Crippen LogP contribution in [0.25, 0.3) is 11.1 Å². The smallest absolute Gasteiger partial charge is 0.166 e. The summed E-state index contributed by atoms with van der Waals surface area (Å²) in [4.78, 5) is 0. The predicted octanol–water partition coefficient (Wildman–Crippen LogP) is 3.87. The van der Waals surface area contributed by atoms with Crippen LogP contribution in [-0.4, -0.2) is 0 Å². The first kappa shape index (κ1) is 10.9. The van der Waals surface area contributed by atoms with Crippen LogP contribution in [0.1, 0.15) is 0 Å². The molecule has 0 heterocycles. The molecule has 0 aromatic heterocycles. The summed E-state index contributed by atoms with van der Waals surface area (Å²) in [6.45, 7) is 0. The third kappa shape index (κ3) is 1.86. The Bertz CT molecular complexity index is 541. The molecule has 0 radical (unpaired) electrons. The van der Waals surface area contributed by atoms with E-state index in [0.29, 0.717) is 16.3 Å². The zero-order valence-corrected chi connectivity index (χ0v) is 8.93. The highest BCUT2D eigenvalue weighted by Gasteiger charge is 2.10. The lowest BCUT2D eigenvalue weighted by Crippen LogP contribution is -1.91. The molecule has 0 fully saturated rings. The molecule has 1 nitrogen and oxygen atoms in total. The SMILES string of the molecule is Nc1cc(-c2cccc(F)c2F)ccc1Cl. The minimum absolute atomic E-state index is 0.170. The molecule has 82 valence electrons. The standard InChI is InChI=1S/C12H8ClF2N/c13-9-5-4-7(6-11(9)16)8-2-1-3-10(14)12(8)15/h1-6H,16H2. The van der Waals surface area contributed by atoms with Crippen molar-refractivity contribution in [3.8, 4) is 11.1 Å². The molecule has 0 spiro atoms. The van der Waals surface area contributed by atoms with Gasteiger partial charge in [0.2, 0.25) is 0 Å². The highest BCUT2D eigenvalue weighted by atomic mass is 35.5. The summed E-state index contributed by atoms with van der Waals surface area (Å²) >= 11 is 5.75. The fourth-order valence-corrected chi connectivity index (χ4v) is 1.56. The van der Waals surface area contributed by atoms with Gasteiger partial charge in [-0.15, -0.1) is 0 Å². The molecule has 16 heavy (non-hydrogen) atoms. The van der Waals surface area contributed by atoms with Crippen LogP contribution >= 0.6 is 11.6 Å². The van der Waals surface area contributed by atoms with Crippen molar-refractivity contribution in [1.29, 1.82) is 0 Å². The molecule has 0 aliphatic carbocycles. The number of benzene rings is 2. The van der Waals surface area contributed by atoms with Crippen LogP contribution < -0.4 is 5.73 Å². The van der Waals surface area contributed by atoms with Crippen molar-refractivity contribution in [2.45, 2.75) is 0 Å². The molecule has 0 unspecified atom stereocenters. The van der Waals surface area contributed by atoms with Crippen LogP contribution in [0.15, 0.2) is 36.4 Å². The highest BCUT2D eigenvalue weighted by Crippen LogP contribution is 2.29. The van der Waals surface area contributed by atoms with Gasteiger partial charge >= 0.3 is 0 Å². The Morgan fingerprint density at radius 1 is 1.06 bits per heavy atom. The van der Waals surface area contributed by atoms with Gasteiger partial charge in [0.15, 0.2) is 11.6 Å². The summed E-state index contributed by atoms with van der Waals surface area (Å²) in [5.74, 6) is -1.77. The Morgan fingerprint density at radius 3 is 2.50 bits per heavy atom. The zero-order valence-electron chi connectivity index (χ0n) is 8.18. The van der Waals surface area contributed by atoms with Gasteiger partial charge in [0.25, 0.3) is 0 Å². The molecule has 0 aliphatic rings. The maximum Gasteiger partial charge on any atom is 0.166 e. The topological polar surface area (TPSA) is 26.0 Å². The van der Waals surface area contributed by atoms with Crippen LogP contribution in [-0.2, 0) is 0 Å². The lowest BCUT2D eigenvalue weighted by molar-refractivity contribution is 0.511. The quantitative estimate of drug-likeness (QED) is 0.751. The van der Waals surface area contributed by atoms with E-state index in [0.717, 1.165) is 6.07 Å². The molecule has 2 N–H and O–H groups in total. The van der Waals surface area contributed by atoms with Gasteiger partial charge in [-0.25, -0.2) is 8.78 Å². The van der Waals surface area contributed by atoms with E-state index in [1.807, 2.05) is 0 Å². The number of halogens is 3. The molecule has 0 aliphatic heterocycles. The summed E-state index contributed by atoms with van der Waals surface area (Å²) in [6, 6.07) is 8.66. The van der Waals surface area contributed by atoms with Crippen LogP contribution in [0.3, 0.4) is 0 Å². The molecule has 0 amide bonds. The van der Waals surface area contributed by atoms with Gasteiger partial charge in [0.1, 0.15) is 0 Å². The molecule has 0 bridgehead atoms. The normalized spacial score (nSPS) is 10.4. The third-order valence-electron chi connectivity index (χ3n) is 2.26. The average molecular weight is 240 g/mol. The summed E-state index contributed by atoms with van der Waals surface area (Å²) in [7, 11) is 0. The van der Waals surface area contributed by atoms with Gasteiger partial charge in [-0.05, 0) is 23.8 Å². The van der Waals surface area contributed by atoms with Gasteiger partial charge in [-0.1, -0.05) is 29.8 Å². The first-order valence-electron chi connectivity index (χ1n) is 4.59. The number of rotatable bonds is 1. The van der Waals surface area contributed by atoms with E-state index in [1.165, 1.54) is 18.2 Å². The molecule has 2 aromatic carbocycles. The van der Waals surface area contributed by atoms with Crippen LogP contribution in [0, 0.1) is 11.6 Å². The van der Waals surface area contributed by atoms with E-state index < -0.39 is 11.6 Å². The Hall–Kier alpha value is -1.61. The maximum atomic E-state index is 13.5. The second kappa shape index (κ2) is 4.10. The van der Waals surface area contributed by atoms with E-state index in [4.69, 9.17) is 17.3 Å². The number of hydrogen-bond acceptors (Lipinski definition) is 1. The fourth-order valence-electron chi connectivity index (χ4n) is 1.44. The number of anilines is 1. The van der Waals surface area contributed by atoms with Crippen molar-refractivity contribution in [3.63, 3.8) is 0 Å². The number of hydrogen-bond donors (Lipinski definition) is 1. The second-order valence-electron chi connectivity index (χ2n) is 3.34. The average Bonchev–Trinajstić information content (AvgIpc) is 2.26. The maximum absolute atomic E-state index is 13.5. The Labute approximate surface area is 96.5 Å². The molecule has 0 saturated heterocycles. The van der Waals surface area contributed by atoms with Gasteiger partial charge in [0.05, 0.1) is 10.7 Å². The highest BCUT2D eigenvalue weighted by molar-refractivity contribution is 6.33. The molecular formula is C12H8ClF2N. The lowest BCUT2D eigenvalue weighted by atomic mass is 10.0. The van der Waals surface area contributed by atoms with Gasteiger partial charge in [-0.2, -0.15) is 0 Å². The molecule has 0 saturated carbocycles.